The van der Waals surface area contributed by atoms with Crippen molar-refractivity contribution < 1.29 is 19.4 Å². The second kappa shape index (κ2) is 7.61. The zero-order valence-corrected chi connectivity index (χ0v) is 15.3. The smallest absolute Gasteiger partial charge is 0.335 e. The Morgan fingerprint density at radius 1 is 1.17 bits per heavy atom. The topological polar surface area (TPSA) is 75.6 Å². The number of hydrogen-bond acceptors (Lipinski definition) is 3. The maximum absolute atomic E-state index is 11.9. The summed E-state index contributed by atoms with van der Waals surface area (Å²) in [6.07, 6.45) is 0. The number of ether oxygens (including phenoxy) is 1. The Morgan fingerprint density at radius 3 is 2.39 bits per heavy atom. The number of amides is 1. The fourth-order valence-electron chi connectivity index (χ4n) is 1.90. The molecule has 2 aromatic rings. The van der Waals surface area contributed by atoms with Crippen LogP contribution >= 0.6 is 31.9 Å². The van der Waals surface area contributed by atoms with Gasteiger partial charge in [0.1, 0.15) is 5.75 Å². The predicted molar refractivity (Wildman–Crippen MR) is 94.1 cm³/mol. The first kappa shape index (κ1) is 17.5. The molecule has 2 aromatic carbocycles. The highest BCUT2D eigenvalue weighted by molar-refractivity contribution is 9.11. The number of carboxylic acid groups (broad SMARTS) is 1. The monoisotopic (exact) mass is 441 g/mol. The molecular weight excluding hydrogens is 430 g/mol. The van der Waals surface area contributed by atoms with E-state index in [1.165, 1.54) is 24.3 Å². The number of carbonyl (C=O) groups excluding carboxylic acids is 1. The SMILES string of the molecule is Cc1cc(Br)cc(Br)c1OCC(=O)Nc1ccc(C(=O)O)cc1. The molecule has 0 aromatic heterocycles. The lowest BCUT2D eigenvalue weighted by molar-refractivity contribution is -0.118. The fourth-order valence-corrected chi connectivity index (χ4v) is 3.46. The first-order chi connectivity index (χ1) is 10.9. The van der Waals surface area contributed by atoms with Crippen LogP contribution in [0, 0.1) is 6.92 Å². The van der Waals surface area contributed by atoms with Crippen LogP contribution in [0.1, 0.15) is 15.9 Å². The van der Waals surface area contributed by atoms with E-state index < -0.39 is 5.97 Å². The summed E-state index contributed by atoms with van der Waals surface area (Å²) in [4.78, 5) is 22.7. The minimum absolute atomic E-state index is 0.151. The van der Waals surface area contributed by atoms with Gasteiger partial charge in [-0.05, 0) is 64.8 Å². The normalized spacial score (nSPS) is 10.2. The Kier molecular flexibility index (Phi) is 5.79. The Labute approximate surface area is 149 Å². The van der Waals surface area contributed by atoms with E-state index in [1.807, 2.05) is 19.1 Å². The van der Waals surface area contributed by atoms with E-state index in [0.29, 0.717) is 11.4 Å². The van der Waals surface area contributed by atoms with Gasteiger partial charge in [0.25, 0.3) is 5.91 Å². The van der Waals surface area contributed by atoms with E-state index in [2.05, 4.69) is 37.2 Å². The second-order valence-corrected chi connectivity index (χ2v) is 6.52. The molecule has 0 radical (unpaired) electrons. The van der Waals surface area contributed by atoms with Crippen molar-refractivity contribution in [2.24, 2.45) is 0 Å². The predicted octanol–water partition coefficient (Wildman–Crippen LogP) is 4.24. The van der Waals surface area contributed by atoms with Gasteiger partial charge in [-0.2, -0.15) is 0 Å². The number of aryl methyl sites for hydroxylation is 1. The molecule has 0 aliphatic heterocycles. The van der Waals surface area contributed by atoms with Crippen LogP contribution in [0.3, 0.4) is 0 Å². The Hall–Kier alpha value is -1.86. The molecule has 0 aliphatic rings. The third kappa shape index (κ3) is 4.80. The Bertz CT molecular complexity index is 721. The van der Waals surface area contributed by atoms with E-state index in [4.69, 9.17) is 9.84 Å². The van der Waals surface area contributed by atoms with Gasteiger partial charge in [-0.15, -0.1) is 0 Å². The Balaban J connectivity index is 1.96. The average molecular weight is 443 g/mol. The summed E-state index contributed by atoms with van der Waals surface area (Å²) in [7, 11) is 0. The largest absolute Gasteiger partial charge is 0.482 e. The van der Waals surface area contributed by atoms with Crippen LogP contribution in [0.25, 0.3) is 0 Å². The van der Waals surface area contributed by atoms with Gasteiger partial charge in [0.05, 0.1) is 10.0 Å². The number of carbonyl (C=O) groups is 2. The van der Waals surface area contributed by atoms with E-state index in [-0.39, 0.29) is 18.1 Å². The lowest BCUT2D eigenvalue weighted by Crippen LogP contribution is -2.20. The van der Waals surface area contributed by atoms with Crippen molar-refractivity contribution in [2.75, 3.05) is 11.9 Å². The zero-order chi connectivity index (χ0) is 17.0. The van der Waals surface area contributed by atoms with Crippen molar-refractivity contribution in [3.05, 3.63) is 56.5 Å². The molecule has 1 amide bonds. The first-order valence-corrected chi connectivity index (χ1v) is 8.17. The van der Waals surface area contributed by atoms with E-state index in [9.17, 15) is 9.59 Å². The third-order valence-corrected chi connectivity index (χ3v) is 4.00. The molecule has 0 atom stereocenters. The van der Waals surface area contributed by atoms with Crippen LogP contribution in [-0.2, 0) is 4.79 Å². The molecule has 0 spiro atoms. The zero-order valence-electron chi connectivity index (χ0n) is 12.1. The van der Waals surface area contributed by atoms with Crippen LogP contribution in [0.4, 0.5) is 5.69 Å². The first-order valence-electron chi connectivity index (χ1n) is 6.58. The van der Waals surface area contributed by atoms with Gasteiger partial charge in [-0.1, -0.05) is 15.9 Å². The molecule has 0 heterocycles. The van der Waals surface area contributed by atoms with E-state index in [0.717, 1.165) is 14.5 Å². The molecule has 7 heteroatoms. The molecule has 0 fully saturated rings. The van der Waals surface area contributed by atoms with Gasteiger partial charge in [0.2, 0.25) is 0 Å². The standard InChI is InChI=1S/C16H13Br2NO4/c1-9-6-11(17)7-13(18)15(9)23-8-14(20)19-12-4-2-10(3-5-12)16(21)22/h2-7H,8H2,1H3,(H,19,20)(H,21,22). The minimum Gasteiger partial charge on any atom is -0.482 e. The molecule has 23 heavy (non-hydrogen) atoms. The van der Waals surface area contributed by atoms with Gasteiger partial charge in [0.15, 0.2) is 6.61 Å². The minimum atomic E-state index is -1.01. The quantitative estimate of drug-likeness (QED) is 0.726. The molecule has 0 saturated carbocycles. The maximum atomic E-state index is 11.9. The van der Waals surface area contributed by atoms with Crippen molar-refractivity contribution in [1.29, 1.82) is 0 Å². The average Bonchev–Trinajstić information content (AvgIpc) is 2.46. The number of benzene rings is 2. The molecule has 0 aliphatic carbocycles. The molecular formula is C16H13Br2NO4. The second-order valence-electron chi connectivity index (χ2n) is 4.75. The summed E-state index contributed by atoms with van der Waals surface area (Å²) < 4.78 is 7.21. The van der Waals surface area contributed by atoms with Gasteiger partial charge < -0.3 is 15.2 Å². The molecule has 0 unspecified atom stereocenters. The van der Waals surface area contributed by atoms with Crippen LogP contribution in [0.5, 0.6) is 5.75 Å². The summed E-state index contributed by atoms with van der Waals surface area (Å²) in [5.41, 5.74) is 1.56. The summed E-state index contributed by atoms with van der Waals surface area (Å²) in [5.74, 6) is -0.742. The highest BCUT2D eigenvalue weighted by Crippen LogP contribution is 2.32. The highest BCUT2D eigenvalue weighted by atomic mass is 79.9. The van der Waals surface area contributed by atoms with Crippen molar-refractivity contribution in [1.82, 2.24) is 0 Å². The van der Waals surface area contributed by atoms with Crippen molar-refractivity contribution in [2.45, 2.75) is 6.92 Å². The summed E-state index contributed by atoms with van der Waals surface area (Å²) in [6.45, 7) is 1.73. The van der Waals surface area contributed by atoms with Gasteiger partial charge in [0, 0.05) is 10.2 Å². The molecule has 2 rings (SSSR count). The highest BCUT2D eigenvalue weighted by Gasteiger charge is 2.10. The number of anilines is 1. The summed E-state index contributed by atoms with van der Waals surface area (Å²) >= 11 is 6.77. The van der Waals surface area contributed by atoms with Crippen LogP contribution in [-0.4, -0.2) is 23.6 Å². The lowest BCUT2D eigenvalue weighted by atomic mass is 10.2. The molecule has 0 bridgehead atoms. The number of carboxylic acids is 1. The third-order valence-electron chi connectivity index (χ3n) is 2.96. The maximum Gasteiger partial charge on any atom is 0.335 e. The molecule has 120 valence electrons. The molecule has 0 saturated heterocycles. The number of hydrogen-bond donors (Lipinski definition) is 2. The summed E-state index contributed by atoms with van der Waals surface area (Å²) in [6, 6.07) is 9.64. The van der Waals surface area contributed by atoms with Gasteiger partial charge in [-0.3, -0.25) is 4.79 Å². The van der Waals surface area contributed by atoms with Gasteiger partial charge in [-0.25, -0.2) is 4.79 Å². The van der Waals surface area contributed by atoms with Crippen LogP contribution in [0.2, 0.25) is 0 Å². The molecule has 5 nitrogen and oxygen atoms in total. The number of aromatic carboxylic acids is 1. The number of nitrogens with one attached hydrogen (secondary N) is 1. The van der Waals surface area contributed by atoms with Crippen LogP contribution in [0.15, 0.2) is 45.3 Å². The van der Waals surface area contributed by atoms with E-state index in [1.54, 1.807) is 0 Å². The Morgan fingerprint density at radius 2 is 1.83 bits per heavy atom. The lowest BCUT2D eigenvalue weighted by Gasteiger charge is -2.12. The van der Waals surface area contributed by atoms with E-state index >= 15 is 0 Å². The van der Waals surface area contributed by atoms with Gasteiger partial charge >= 0.3 is 5.97 Å². The van der Waals surface area contributed by atoms with Crippen molar-refractivity contribution >= 4 is 49.4 Å². The molecule has 2 N–H and O–H groups in total. The summed E-state index contributed by atoms with van der Waals surface area (Å²) in [5, 5.41) is 11.5. The van der Waals surface area contributed by atoms with Crippen molar-refractivity contribution in [3.8, 4) is 5.75 Å². The van der Waals surface area contributed by atoms with Crippen molar-refractivity contribution in [3.63, 3.8) is 0 Å². The fraction of sp³-hybridized carbons (Fsp3) is 0.125. The van der Waals surface area contributed by atoms with Crippen LogP contribution < -0.4 is 10.1 Å². The number of halogens is 2. The number of rotatable bonds is 5.